The van der Waals surface area contributed by atoms with Gasteiger partial charge in [0.2, 0.25) is 11.8 Å². The zero-order valence-corrected chi connectivity index (χ0v) is 29.6. The summed E-state index contributed by atoms with van der Waals surface area (Å²) in [4.78, 5) is 29.2. The molecule has 0 radical (unpaired) electrons. The van der Waals surface area contributed by atoms with E-state index < -0.39 is 22.5 Å². The topological polar surface area (TPSA) is 104 Å². The number of benzene rings is 4. The van der Waals surface area contributed by atoms with E-state index in [1.54, 1.807) is 4.90 Å². The van der Waals surface area contributed by atoms with Crippen LogP contribution in [0, 0.1) is 5.41 Å². The SMILES string of the molecule is CCCC(O)(CCCc1cccc2ccccc12)CN(CC(O)(CCC)CCCc1cccc2ccccc12)C(=O)C1(C(N)=O)CCCC1. The Hall–Kier alpha value is -3.74. The first-order valence-corrected chi connectivity index (χ1v) is 18.6. The third kappa shape index (κ3) is 8.71. The summed E-state index contributed by atoms with van der Waals surface area (Å²) in [7, 11) is 0. The number of carbonyl (C=O) groups excluding carboxylic acids is 2. The van der Waals surface area contributed by atoms with Crippen molar-refractivity contribution in [3.8, 4) is 0 Å². The Balaban J connectivity index is 1.37. The maximum absolute atomic E-state index is 14.6. The van der Waals surface area contributed by atoms with Crippen molar-refractivity contribution in [3.05, 3.63) is 96.1 Å². The Bertz CT molecular complexity index is 1600. The van der Waals surface area contributed by atoms with E-state index in [4.69, 9.17) is 5.73 Å². The Morgan fingerprint density at radius 1 is 0.673 bits per heavy atom. The van der Waals surface area contributed by atoms with Crippen LogP contribution >= 0.6 is 0 Å². The van der Waals surface area contributed by atoms with Crippen molar-refractivity contribution < 1.29 is 19.8 Å². The number of primary amides is 1. The second kappa shape index (κ2) is 16.3. The van der Waals surface area contributed by atoms with Gasteiger partial charge < -0.3 is 20.8 Å². The zero-order valence-electron chi connectivity index (χ0n) is 29.6. The van der Waals surface area contributed by atoms with Crippen LogP contribution in [-0.2, 0) is 22.4 Å². The Labute approximate surface area is 292 Å². The molecule has 1 aliphatic carbocycles. The van der Waals surface area contributed by atoms with Gasteiger partial charge in [0, 0.05) is 13.1 Å². The minimum atomic E-state index is -1.29. The Morgan fingerprint density at radius 2 is 1.10 bits per heavy atom. The highest BCUT2D eigenvalue weighted by molar-refractivity contribution is 6.04. The molecule has 0 aliphatic heterocycles. The number of hydrogen-bond acceptors (Lipinski definition) is 4. The van der Waals surface area contributed by atoms with Gasteiger partial charge in [-0.25, -0.2) is 0 Å². The van der Waals surface area contributed by atoms with Crippen molar-refractivity contribution in [3.63, 3.8) is 0 Å². The van der Waals surface area contributed by atoms with Crippen LogP contribution in [-0.4, -0.2) is 51.2 Å². The summed E-state index contributed by atoms with van der Waals surface area (Å²) < 4.78 is 0. The molecule has 6 nitrogen and oxygen atoms in total. The normalized spacial score (nSPS) is 16.7. The molecular formula is C43H56N2O4. The fourth-order valence-corrected chi connectivity index (χ4v) is 8.49. The molecule has 0 spiro atoms. The lowest BCUT2D eigenvalue weighted by Gasteiger charge is -2.42. The molecule has 4 aromatic carbocycles. The van der Waals surface area contributed by atoms with E-state index in [0.29, 0.717) is 38.5 Å². The molecule has 6 heteroatoms. The quantitative estimate of drug-likeness (QED) is 0.0932. The second-order valence-corrected chi connectivity index (χ2v) is 14.7. The first-order chi connectivity index (χ1) is 23.6. The molecule has 2 atom stereocenters. The van der Waals surface area contributed by atoms with E-state index >= 15 is 0 Å². The molecule has 0 aromatic heterocycles. The molecule has 1 fully saturated rings. The van der Waals surface area contributed by atoms with Gasteiger partial charge in [-0.2, -0.15) is 0 Å². The number of fused-ring (bicyclic) bond motifs is 2. The highest BCUT2D eigenvalue weighted by Crippen LogP contribution is 2.41. The van der Waals surface area contributed by atoms with Gasteiger partial charge in [0.1, 0.15) is 5.41 Å². The second-order valence-electron chi connectivity index (χ2n) is 14.7. The van der Waals surface area contributed by atoms with Crippen molar-refractivity contribution in [2.24, 2.45) is 11.1 Å². The molecule has 49 heavy (non-hydrogen) atoms. The van der Waals surface area contributed by atoms with Crippen LogP contribution in [0.1, 0.15) is 102 Å². The van der Waals surface area contributed by atoms with Crippen LogP contribution in [0.5, 0.6) is 0 Å². The first-order valence-electron chi connectivity index (χ1n) is 18.6. The van der Waals surface area contributed by atoms with Gasteiger partial charge in [-0.1, -0.05) is 124 Å². The van der Waals surface area contributed by atoms with E-state index in [0.717, 1.165) is 51.4 Å². The molecule has 1 saturated carbocycles. The molecule has 262 valence electrons. The van der Waals surface area contributed by atoms with Crippen molar-refractivity contribution in [1.82, 2.24) is 4.90 Å². The minimum Gasteiger partial charge on any atom is -0.388 e. The van der Waals surface area contributed by atoms with Crippen LogP contribution in [0.4, 0.5) is 0 Å². The summed E-state index contributed by atoms with van der Waals surface area (Å²) in [5, 5.41) is 29.3. The predicted octanol–water partition coefficient (Wildman–Crippen LogP) is 8.28. The van der Waals surface area contributed by atoms with Gasteiger partial charge >= 0.3 is 0 Å². The molecule has 2 amide bonds. The standard InChI is InChI=1S/C43H56N2O4/c1-3-25-41(48,27-13-21-35-19-11-17-33-15-5-7-23-37(33)35)31-45(40(47)43(39(44)46)29-9-10-30-43)32-42(49,26-4-2)28-14-22-36-20-12-18-34-16-6-8-24-38(34)36/h5-8,11-12,15-20,23-24,48-49H,3-4,9-10,13-14,21-22,25-32H2,1-2H3,(H2,44,46). The van der Waals surface area contributed by atoms with Gasteiger partial charge in [-0.3, -0.25) is 9.59 Å². The maximum Gasteiger partial charge on any atom is 0.238 e. The maximum atomic E-state index is 14.6. The molecule has 2 unspecified atom stereocenters. The van der Waals surface area contributed by atoms with Gasteiger partial charge in [0.25, 0.3) is 0 Å². The van der Waals surface area contributed by atoms with Gasteiger partial charge in [-0.05, 0) is 96.9 Å². The number of aryl methyl sites for hydroxylation is 2. The summed E-state index contributed by atoms with van der Waals surface area (Å²) in [6.07, 6.45) is 9.00. The van der Waals surface area contributed by atoms with E-state index in [2.05, 4.69) is 72.8 Å². The van der Waals surface area contributed by atoms with Crippen molar-refractivity contribution >= 4 is 33.4 Å². The number of rotatable bonds is 18. The smallest absolute Gasteiger partial charge is 0.238 e. The van der Waals surface area contributed by atoms with Crippen LogP contribution in [0.25, 0.3) is 21.5 Å². The van der Waals surface area contributed by atoms with Crippen LogP contribution in [0.15, 0.2) is 84.9 Å². The summed E-state index contributed by atoms with van der Waals surface area (Å²) in [5.74, 6) is -0.922. The summed E-state index contributed by atoms with van der Waals surface area (Å²) in [6.45, 7) is 4.23. The third-order valence-corrected chi connectivity index (χ3v) is 11.0. The summed E-state index contributed by atoms with van der Waals surface area (Å²) in [6, 6.07) is 29.4. The molecule has 4 N–H and O–H groups in total. The molecule has 1 aliphatic rings. The lowest BCUT2D eigenvalue weighted by Crippen LogP contribution is -2.58. The summed E-state index contributed by atoms with van der Waals surface area (Å²) in [5.41, 5.74) is 4.86. The molecular weight excluding hydrogens is 608 g/mol. The molecule has 0 bridgehead atoms. The molecule has 0 saturated heterocycles. The molecule has 0 heterocycles. The number of aliphatic hydroxyl groups is 2. The van der Waals surface area contributed by atoms with Gasteiger partial charge in [-0.15, -0.1) is 0 Å². The first kappa shape index (κ1) is 36.5. The molecule has 4 aromatic rings. The van der Waals surface area contributed by atoms with Crippen LogP contribution < -0.4 is 5.73 Å². The lowest BCUT2D eigenvalue weighted by molar-refractivity contribution is -0.156. The fraction of sp³-hybridized carbons (Fsp3) is 0.488. The lowest BCUT2D eigenvalue weighted by atomic mass is 9.81. The monoisotopic (exact) mass is 664 g/mol. The van der Waals surface area contributed by atoms with E-state index in [9.17, 15) is 19.8 Å². The van der Waals surface area contributed by atoms with Crippen molar-refractivity contribution in [2.45, 2.75) is 115 Å². The van der Waals surface area contributed by atoms with Crippen molar-refractivity contribution in [1.29, 1.82) is 0 Å². The van der Waals surface area contributed by atoms with Crippen LogP contribution in [0.2, 0.25) is 0 Å². The Morgan fingerprint density at radius 3 is 1.53 bits per heavy atom. The highest BCUT2D eigenvalue weighted by Gasteiger charge is 2.50. The molecule has 5 rings (SSSR count). The fourth-order valence-electron chi connectivity index (χ4n) is 8.49. The average molecular weight is 665 g/mol. The predicted molar refractivity (Wildman–Crippen MR) is 200 cm³/mol. The van der Waals surface area contributed by atoms with E-state index in [1.807, 2.05) is 26.0 Å². The van der Waals surface area contributed by atoms with Crippen molar-refractivity contribution in [2.75, 3.05) is 13.1 Å². The van der Waals surface area contributed by atoms with Crippen LogP contribution in [0.3, 0.4) is 0 Å². The number of amides is 2. The minimum absolute atomic E-state index is 0.0690. The number of carbonyl (C=O) groups is 2. The van der Waals surface area contributed by atoms with E-state index in [-0.39, 0.29) is 19.0 Å². The number of nitrogens with zero attached hydrogens (tertiary/aromatic N) is 1. The third-order valence-electron chi connectivity index (χ3n) is 11.0. The van der Waals surface area contributed by atoms with Gasteiger partial charge in [0.05, 0.1) is 11.2 Å². The average Bonchev–Trinajstić information content (AvgIpc) is 3.60. The largest absolute Gasteiger partial charge is 0.388 e. The zero-order chi connectivity index (χ0) is 34.9. The summed E-state index contributed by atoms with van der Waals surface area (Å²) >= 11 is 0. The van der Waals surface area contributed by atoms with Gasteiger partial charge in [0.15, 0.2) is 0 Å². The Kier molecular flexibility index (Phi) is 12.2. The highest BCUT2D eigenvalue weighted by atomic mass is 16.3. The van der Waals surface area contributed by atoms with E-state index in [1.165, 1.54) is 32.7 Å². The number of hydrogen-bond donors (Lipinski definition) is 3. The number of nitrogens with two attached hydrogens (primary N) is 1.